The molecular formula is C28H40ClN3O6S. The number of nitrogens with zero attached hydrogens (tertiary/aromatic N) is 2. The van der Waals surface area contributed by atoms with Gasteiger partial charge in [-0.05, 0) is 55.2 Å². The maximum Gasteiger partial charge on any atom is 0.242 e. The number of benzene rings is 2. The highest BCUT2D eigenvalue weighted by molar-refractivity contribution is 7.92. The van der Waals surface area contributed by atoms with E-state index in [0.717, 1.165) is 24.7 Å². The van der Waals surface area contributed by atoms with Crippen molar-refractivity contribution >= 4 is 39.1 Å². The van der Waals surface area contributed by atoms with Crippen molar-refractivity contribution in [3.8, 4) is 11.5 Å². The quantitative estimate of drug-likeness (QED) is 0.290. The summed E-state index contributed by atoms with van der Waals surface area (Å²) in [7, 11) is -0.582. The first-order chi connectivity index (χ1) is 18.5. The molecule has 0 aromatic heterocycles. The second-order valence-electron chi connectivity index (χ2n) is 9.20. The Balaban J connectivity index is 2.22. The third-order valence-corrected chi connectivity index (χ3v) is 7.79. The Kier molecular flexibility index (Phi) is 12.9. The maximum atomic E-state index is 13.5. The number of hydrogen-bond donors (Lipinski definition) is 1. The molecule has 11 heteroatoms. The van der Waals surface area contributed by atoms with Gasteiger partial charge in [-0.25, -0.2) is 8.42 Å². The Bertz CT molecular complexity index is 1190. The third-order valence-electron chi connectivity index (χ3n) is 6.30. The fraction of sp³-hybridized carbons (Fsp3) is 0.500. The van der Waals surface area contributed by atoms with Crippen LogP contribution in [0.3, 0.4) is 0 Å². The van der Waals surface area contributed by atoms with E-state index in [9.17, 15) is 18.0 Å². The average Bonchev–Trinajstić information content (AvgIpc) is 2.90. The van der Waals surface area contributed by atoms with Crippen LogP contribution in [0.5, 0.6) is 11.5 Å². The number of carbonyl (C=O) groups is 2. The molecule has 0 aliphatic rings. The number of carbonyl (C=O) groups excluding carboxylic acids is 2. The summed E-state index contributed by atoms with van der Waals surface area (Å²) in [6, 6.07) is 11.4. The monoisotopic (exact) mass is 581 g/mol. The molecule has 0 spiro atoms. The van der Waals surface area contributed by atoms with Gasteiger partial charge in [0.2, 0.25) is 21.8 Å². The van der Waals surface area contributed by atoms with Crippen molar-refractivity contribution in [2.45, 2.75) is 58.5 Å². The number of halogens is 1. The standard InChI is InChI=1S/C28H40ClN3O6S/c1-6-8-17-30-28(34)25(7-2)31(20-21-11-14-23(37-3)15-12-21)27(33)10-9-18-32(39(5,35)36)22-13-16-26(38-4)24(29)19-22/h11-16,19,25H,6-10,17-18,20H2,1-5H3,(H,30,34)/t25-/m1/s1. The summed E-state index contributed by atoms with van der Waals surface area (Å²) >= 11 is 6.22. The summed E-state index contributed by atoms with van der Waals surface area (Å²) in [6.07, 6.45) is 3.66. The van der Waals surface area contributed by atoms with Crippen LogP contribution in [0.4, 0.5) is 5.69 Å². The minimum atomic E-state index is -3.64. The number of nitrogens with one attached hydrogen (secondary N) is 1. The van der Waals surface area contributed by atoms with Crippen molar-refractivity contribution in [1.82, 2.24) is 10.2 Å². The van der Waals surface area contributed by atoms with E-state index in [-0.39, 0.29) is 42.8 Å². The summed E-state index contributed by atoms with van der Waals surface area (Å²) < 4.78 is 36.7. The van der Waals surface area contributed by atoms with Crippen LogP contribution in [0.15, 0.2) is 42.5 Å². The first-order valence-corrected chi connectivity index (χ1v) is 15.3. The number of ether oxygens (including phenoxy) is 2. The molecule has 1 N–H and O–H groups in total. The second kappa shape index (κ2) is 15.6. The van der Waals surface area contributed by atoms with Gasteiger partial charge in [0.25, 0.3) is 0 Å². The van der Waals surface area contributed by atoms with Crippen LogP contribution in [0.25, 0.3) is 0 Å². The molecule has 2 amide bonds. The lowest BCUT2D eigenvalue weighted by Gasteiger charge is -2.31. The molecule has 0 unspecified atom stereocenters. The van der Waals surface area contributed by atoms with Gasteiger partial charge in [0.05, 0.1) is 31.2 Å². The average molecular weight is 582 g/mol. The number of anilines is 1. The van der Waals surface area contributed by atoms with Crippen molar-refractivity contribution in [3.05, 3.63) is 53.1 Å². The molecule has 2 aromatic rings. The molecule has 39 heavy (non-hydrogen) atoms. The largest absolute Gasteiger partial charge is 0.497 e. The minimum Gasteiger partial charge on any atom is -0.497 e. The van der Waals surface area contributed by atoms with Crippen LogP contribution in [-0.2, 0) is 26.2 Å². The van der Waals surface area contributed by atoms with Crippen molar-refractivity contribution in [3.63, 3.8) is 0 Å². The van der Waals surface area contributed by atoms with Crippen LogP contribution in [0, 0.1) is 0 Å². The van der Waals surface area contributed by atoms with Crippen LogP contribution in [0.2, 0.25) is 5.02 Å². The minimum absolute atomic E-state index is 0.0603. The van der Waals surface area contributed by atoms with Gasteiger partial charge < -0.3 is 19.7 Å². The number of rotatable bonds is 16. The summed E-state index contributed by atoms with van der Waals surface area (Å²) in [5.41, 5.74) is 1.24. The van der Waals surface area contributed by atoms with Gasteiger partial charge in [-0.2, -0.15) is 0 Å². The van der Waals surface area contributed by atoms with E-state index in [2.05, 4.69) is 5.32 Å². The molecule has 0 fully saturated rings. The summed E-state index contributed by atoms with van der Waals surface area (Å²) in [5, 5.41) is 3.22. The summed E-state index contributed by atoms with van der Waals surface area (Å²) in [6.45, 7) is 4.78. The van der Waals surface area contributed by atoms with Gasteiger partial charge in [-0.15, -0.1) is 0 Å². The van der Waals surface area contributed by atoms with Crippen molar-refractivity contribution < 1.29 is 27.5 Å². The predicted octanol–water partition coefficient (Wildman–Crippen LogP) is 4.63. The highest BCUT2D eigenvalue weighted by Gasteiger charge is 2.29. The third kappa shape index (κ3) is 9.61. The molecule has 0 saturated heterocycles. The van der Waals surface area contributed by atoms with Crippen molar-refractivity contribution in [2.24, 2.45) is 0 Å². The van der Waals surface area contributed by atoms with Crippen LogP contribution >= 0.6 is 11.6 Å². The molecule has 0 aliphatic carbocycles. The number of amides is 2. The van der Waals surface area contributed by atoms with Gasteiger partial charge in [0.1, 0.15) is 17.5 Å². The van der Waals surface area contributed by atoms with E-state index in [1.54, 1.807) is 24.1 Å². The molecule has 0 saturated carbocycles. The van der Waals surface area contributed by atoms with Gasteiger partial charge >= 0.3 is 0 Å². The zero-order valence-corrected chi connectivity index (χ0v) is 25.0. The molecule has 0 radical (unpaired) electrons. The number of unbranched alkanes of at least 4 members (excludes halogenated alkanes) is 1. The van der Waals surface area contributed by atoms with E-state index in [0.29, 0.717) is 30.2 Å². The Morgan fingerprint density at radius 2 is 1.72 bits per heavy atom. The SMILES string of the molecule is CCCCNC(=O)[C@@H](CC)N(Cc1ccc(OC)cc1)C(=O)CCCN(c1ccc(OC)c(Cl)c1)S(C)(=O)=O. The number of hydrogen-bond acceptors (Lipinski definition) is 6. The lowest BCUT2D eigenvalue weighted by molar-refractivity contribution is -0.141. The molecule has 0 bridgehead atoms. The predicted molar refractivity (Wildman–Crippen MR) is 155 cm³/mol. The highest BCUT2D eigenvalue weighted by Crippen LogP contribution is 2.30. The van der Waals surface area contributed by atoms with E-state index in [1.807, 2.05) is 38.1 Å². The zero-order chi connectivity index (χ0) is 29.0. The Hall–Kier alpha value is -2.98. The molecule has 216 valence electrons. The maximum absolute atomic E-state index is 13.5. The normalized spacial score (nSPS) is 11.9. The van der Waals surface area contributed by atoms with E-state index in [4.69, 9.17) is 21.1 Å². The highest BCUT2D eigenvalue weighted by atomic mass is 35.5. The zero-order valence-electron chi connectivity index (χ0n) is 23.4. The fourth-order valence-electron chi connectivity index (χ4n) is 4.17. The lowest BCUT2D eigenvalue weighted by Crippen LogP contribution is -2.49. The summed E-state index contributed by atoms with van der Waals surface area (Å²) in [5.74, 6) is 0.699. The van der Waals surface area contributed by atoms with E-state index in [1.165, 1.54) is 17.5 Å². The van der Waals surface area contributed by atoms with E-state index < -0.39 is 16.1 Å². The number of methoxy groups -OCH3 is 2. The van der Waals surface area contributed by atoms with Gasteiger partial charge in [-0.1, -0.05) is 44.0 Å². The Morgan fingerprint density at radius 3 is 2.26 bits per heavy atom. The van der Waals surface area contributed by atoms with Gasteiger partial charge in [-0.3, -0.25) is 13.9 Å². The second-order valence-corrected chi connectivity index (χ2v) is 11.5. The molecule has 0 aliphatic heterocycles. The van der Waals surface area contributed by atoms with Crippen LogP contribution < -0.4 is 19.1 Å². The van der Waals surface area contributed by atoms with Gasteiger partial charge in [0, 0.05) is 26.1 Å². The molecular weight excluding hydrogens is 542 g/mol. The number of sulfonamides is 1. The Labute approximate surface area is 237 Å². The summed E-state index contributed by atoms with van der Waals surface area (Å²) in [4.78, 5) is 28.1. The topological polar surface area (TPSA) is 105 Å². The van der Waals surface area contributed by atoms with Crippen molar-refractivity contribution in [1.29, 1.82) is 0 Å². The fourth-order valence-corrected chi connectivity index (χ4v) is 5.38. The van der Waals surface area contributed by atoms with Crippen LogP contribution in [0.1, 0.15) is 51.5 Å². The smallest absolute Gasteiger partial charge is 0.242 e. The lowest BCUT2D eigenvalue weighted by atomic mass is 10.1. The molecule has 9 nitrogen and oxygen atoms in total. The Morgan fingerprint density at radius 1 is 1.03 bits per heavy atom. The first kappa shape index (κ1) is 32.2. The van der Waals surface area contributed by atoms with Crippen molar-refractivity contribution in [2.75, 3.05) is 37.9 Å². The molecule has 0 heterocycles. The molecule has 2 aromatic carbocycles. The first-order valence-electron chi connectivity index (χ1n) is 13.1. The molecule has 1 atom stereocenters. The molecule has 2 rings (SSSR count). The van der Waals surface area contributed by atoms with Crippen LogP contribution in [-0.4, -0.2) is 64.7 Å². The van der Waals surface area contributed by atoms with E-state index >= 15 is 0 Å². The van der Waals surface area contributed by atoms with Gasteiger partial charge in [0.15, 0.2) is 0 Å².